The summed E-state index contributed by atoms with van der Waals surface area (Å²) in [6.45, 7) is 3.55. The highest BCUT2D eigenvalue weighted by molar-refractivity contribution is 5.87. The molecule has 0 saturated heterocycles. The summed E-state index contributed by atoms with van der Waals surface area (Å²) < 4.78 is 1.74. The molecule has 1 N–H and O–H groups in total. The Morgan fingerprint density at radius 3 is 2.67 bits per heavy atom. The molecule has 1 aromatic carbocycles. The van der Waals surface area contributed by atoms with Gasteiger partial charge in [-0.2, -0.15) is 5.10 Å². The molecule has 0 radical (unpaired) electrons. The minimum absolute atomic E-state index is 0.115. The molecule has 1 aliphatic rings. The van der Waals surface area contributed by atoms with Crippen molar-refractivity contribution in [3.63, 3.8) is 0 Å². The van der Waals surface area contributed by atoms with Crippen LogP contribution in [0.3, 0.4) is 0 Å². The van der Waals surface area contributed by atoms with Crippen molar-refractivity contribution < 1.29 is 4.79 Å². The SMILES string of the molecule is C=CC(=O)NC1(c2ccc(-c3ccn4ncnc4c3)cc2)CCC1. The van der Waals surface area contributed by atoms with Crippen LogP contribution in [0.5, 0.6) is 0 Å². The average molecular weight is 318 g/mol. The molecular formula is C19H18N4O. The summed E-state index contributed by atoms with van der Waals surface area (Å²) in [7, 11) is 0. The minimum Gasteiger partial charge on any atom is -0.343 e. The third-order valence-corrected chi connectivity index (χ3v) is 4.81. The molecule has 2 aromatic heterocycles. The van der Waals surface area contributed by atoms with Crippen molar-refractivity contribution in [3.05, 3.63) is 67.1 Å². The maximum absolute atomic E-state index is 11.7. The van der Waals surface area contributed by atoms with Crippen LogP contribution in [-0.4, -0.2) is 20.5 Å². The first-order valence-electron chi connectivity index (χ1n) is 8.05. The molecule has 2 heterocycles. The van der Waals surface area contributed by atoms with Gasteiger partial charge >= 0.3 is 0 Å². The number of rotatable bonds is 4. The molecule has 0 bridgehead atoms. The Morgan fingerprint density at radius 2 is 2.00 bits per heavy atom. The largest absolute Gasteiger partial charge is 0.343 e. The van der Waals surface area contributed by atoms with Crippen LogP contribution < -0.4 is 5.32 Å². The first kappa shape index (κ1) is 14.6. The van der Waals surface area contributed by atoms with Gasteiger partial charge in [-0.1, -0.05) is 30.8 Å². The zero-order valence-electron chi connectivity index (χ0n) is 13.3. The second-order valence-electron chi connectivity index (χ2n) is 6.18. The van der Waals surface area contributed by atoms with E-state index in [9.17, 15) is 4.79 Å². The van der Waals surface area contributed by atoms with Crippen LogP contribution >= 0.6 is 0 Å². The van der Waals surface area contributed by atoms with Gasteiger partial charge in [0.2, 0.25) is 5.91 Å². The van der Waals surface area contributed by atoms with E-state index in [1.54, 1.807) is 10.8 Å². The Labute approximate surface area is 140 Å². The maximum atomic E-state index is 11.7. The molecule has 0 atom stereocenters. The molecule has 0 spiro atoms. The van der Waals surface area contributed by atoms with E-state index in [4.69, 9.17) is 0 Å². The molecule has 5 nitrogen and oxygen atoms in total. The molecule has 1 amide bonds. The van der Waals surface area contributed by atoms with Crippen molar-refractivity contribution in [3.8, 4) is 11.1 Å². The van der Waals surface area contributed by atoms with Crippen LogP contribution in [0, 0.1) is 0 Å². The normalized spacial score (nSPS) is 15.7. The van der Waals surface area contributed by atoms with Gasteiger partial charge in [0.05, 0.1) is 5.54 Å². The molecule has 0 aliphatic heterocycles. The number of benzene rings is 1. The minimum atomic E-state index is -0.235. The van der Waals surface area contributed by atoms with Gasteiger partial charge in [-0.05, 0) is 54.2 Å². The van der Waals surface area contributed by atoms with Crippen molar-refractivity contribution in [1.82, 2.24) is 19.9 Å². The highest BCUT2D eigenvalue weighted by Crippen LogP contribution is 2.41. The number of hydrogen-bond donors (Lipinski definition) is 1. The lowest BCUT2D eigenvalue weighted by atomic mass is 9.71. The molecule has 1 fully saturated rings. The van der Waals surface area contributed by atoms with Crippen LogP contribution in [0.2, 0.25) is 0 Å². The lowest BCUT2D eigenvalue weighted by Gasteiger charge is -2.43. The monoisotopic (exact) mass is 318 g/mol. The van der Waals surface area contributed by atoms with Crippen LogP contribution in [0.15, 0.2) is 61.6 Å². The molecule has 1 saturated carbocycles. The molecule has 5 heteroatoms. The van der Waals surface area contributed by atoms with Crippen LogP contribution in [0.4, 0.5) is 0 Å². The number of nitrogens with zero attached hydrogens (tertiary/aromatic N) is 3. The molecule has 120 valence electrons. The van der Waals surface area contributed by atoms with E-state index in [1.807, 2.05) is 18.3 Å². The Kier molecular flexibility index (Phi) is 3.41. The fraction of sp³-hybridized carbons (Fsp3) is 0.211. The van der Waals surface area contributed by atoms with E-state index < -0.39 is 0 Å². The van der Waals surface area contributed by atoms with Gasteiger partial charge in [-0.25, -0.2) is 9.50 Å². The van der Waals surface area contributed by atoms with E-state index in [-0.39, 0.29) is 11.4 Å². The summed E-state index contributed by atoms with van der Waals surface area (Å²) in [5.74, 6) is -0.115. The van der Waals surface area contributed by atoms with Crippen molar-refractivity contribution in [2.75, 3.05) is 0 Å². The van der Waals surface area contributed by atoms with Gasteiger partial charge < -0.3 is 5.32 Å². The van der Waals surface area contributed by atoms with Crippen molar-refractivity contribution >= 4 is 11.6 Å². The van der Waals surface area contributed by atoms with Crippen LogP contribution in [0.25, 0.3) is 16.8 Å². The van der Waals surface area contributed by atoms with Crippen molar-refractivity contribution in [1.29, 1.82) is 0 Å². The highest BCUT2D eigenvalue weighted by Gasteiger charge is 2.39. The fourth-order valence-corrected chi connectivity index (χ4v) is 3.28. The zero-order chi connectivity index (χ0) is 16.6. The summed E-state index contributed by atoms with van der Waals surface area (Å²) in [4.78, 5) is 16.0. The Bertz CT molecular complexity index is 907. The number of carbonyl (C=O) groups excluding carboxylic acids is 1. The van der Waals surface area contributed by atoms with Crippen LogP contribution in [-0.2, 0) is 10.3 Å². The predicted molar refractivity (Wildman–Crippen MR) is 92.3 cm³/mol. The standard InChI is InChI=1S/C19H18N4O/c1-2-18(24)22-19(9-3-10-19)16-6-4-14(5-7-16)15-8-11-23-17(12-15)20-13-21-23/h2,4-8,11-13H,1,3,9-10H2,(H,22,24). The van der Waals surface area contributed by atoms with E-state index in [1.165, 1.54) is 6.08 Å². The highest BCUT2D eigenvalue weighted by atomic mass is 16.1. The maximum Gasteiger partial charge on any atom is 0.244 e. The molecule has 3 aromatic rings. The summed E-state index contributed by atoms with van der Waals surface area (Å²) in [5.41, 5.74) is 3.95. The topological polar surface area (TPSA) is 59.3 Å². The quantitative estimate of drug-likeness (QED) is 0.752. The average Bonchev–Trinajstić information content (AvgIpc) is 3.05. The van der Waals surface area contributed by atoms with Gasteiger partial charge in [-0.3, -0.25) is 4.79 Å². The number of fused-ring (bicyclic) bond motifs is 1. The molecule has 1 aliphatic carbocycles. The Morgan fingerprint density at radius 1 is 1.21 bits per heavy atom. The van der Waals surface area contributed by atoms with Gasteiger partial charge in [0, 0.05) is 6.20 Å². The predicted octanol–water partition coefficient (Wildman–Crippen LogP) is 3.08. The summed E-state index contributed by atoms with van der Waals surface area (Å²) in [6.07, 6.45) is 7.86. The number of carbonyl (C=O) groups is 1. The third-order valence-electron chi connectivity index (χ3n) is 4.81. The number of pyridine rings is 1. The lowest BCUT2D eigenvalue weighted by Crippen LogP contribution is -2.50. The second-order valence-corrected chi connectivity index (χ2v) is 6.18. The van der Waals surface area contributed by atoms with E-state index in [0.717, 1.165) is 41.6 Å². The summed E-state index contributed by atoms with van der Waals surface area (Å²) in [6, 6.07) is 12.4. The first-order valence-corrected chi connectivity index (χ1v) is 8.05. The molecule has 24 heavy (non-hydrogen) atoms. The van der Waals surface area contributed by atoms with Gasteiger partial charge in [0.15, 0.2) is 5.65 Å². The van der Waals surface area contributed by atoms with E-state index in [0.29, 0.717) is 0 Å². The zero-order valence-corrected chi connectivity index (χ0v) is 13.3. The number of hydrogen-bond acceptors (Lipinski definition) is 3. The van der Waals surface area contributed by atoms with Crippen molar-refractivity contribution in [2.24, 2.45) is 0 Å². The van der Waals surface area contributed by atoms with E-state index in [2.05, 4.69) is 46.2 Å². The molecule has 4 rings (SSSR count). The van der Waals surface area contributed by atoms with E-state index >= 15 is 0 Å². The molecule has 0 unspecified atom stereocenters. The van der Waals surface area contributed by atoms with Gasteiger partial charge in [0.25, 0.3) is 0 Å². The lowest BCUT2D eigenvalue weighted by molar-refractivity contribution is -0.119. The summed E-state index contributed by atoms with van der Waals surface area (Å²) >= 11 is 0. The Hall–Kier alpha value is -2.95. The third kappa shape index (κ3) is 2.38. The number of aromatic nitrogens is 3. The van der Waals surface area contributed by atoms with Crippen molar-refractivity contribution in [2.45, 2.75) is 24.8 Å². The molecular weight excluding hydrogens is 300 g/mol. The first-order chi connectivity index (χ1) is 11.7. The Balaban J connectivity index is 1.64. The number of nitrogens with one attached hydrogen (secondary N) is 1. The van der Waals surface area contributed by atoms with Crippen LogP contribution in [0.1, 0.15) is 24.8 Å². The smallest absolute Gasteiger partial charge is 0.244 e. The number of amides is 1. The van der Waals surface area contributed by atoms with Gasteiger partial charge in [-0.15, -0.1) is 0 Å². The second kappa shape index (κ2) is 5.60. The summed E-state index contributed by atoms with van der Waals surface area (Å²) in [5, 5.41) is 7.21. The fourth-order valence-electron chi connectivity index (χ4n) is 3.28. The van der Waals surface area contributed by atoms with Gasteiger partial charge in [0.1, 0.15) is 6.33 Å².